The lowest BCUT2D eigenvalue weighted by Crippen LogP contribution is -2.47. The monoisotopic (exact) mass is 505 g/mol. The van der Waals surface area contributed by atoms with Gasteiger partial charge in [0.25, 0.3) is 0 Å². The van der Waals surface area contributed by atoms with E-state index in [1.807, 2.05) is 55.6 Å². The Morgan fingerprint density at radius 3 is 2.59 bits per heavy atom. The molecular weight excluding hydrogens is 477 g/mol. The summed E-state index contributed by atoms with van der Waals surface area (Å²) in [7, 11) is 1.84. The number of likely N-dealkylation sites (tertiary alicyclic amines) is 1. The Balaban J connectivity index is 0.00000240. The lowest BCUT2D eigenvalue weighted by Gasteiger charge is -2.34. The molecule has 0 unspecified atom stereocenters. The number of nitrogens with one attached hydrogen (secondary N) is 2. The molecule has 0 bridgehead atoms. The van der Waals surface area contributed by atoms with Gasteiger partial charge in [-0.3, -0.25) is 4.99 Å². The Kier molecular flexibility index (Phi) is 7.74. The van der Waals surface area contributed by atoms with Gasteiger partial charge in [-0.1, -0.05) is 30.3 Å². The summed E-state index contributed by atoms with van der Waals surface area (Å²) in [6.45, 7) is 2.69. The minimum absolute atomic E-state index is 0. The Labute approximate surface area is 188 Å². The van der Waals surface area contributed by atoms with E-state index in [1.54, 1.807) is 0 Å². The van der Waals surface area contributed by atoms with E-state index >= 15 is 0 Å². The lowest BCUT2D eigenvalue weighted by molar-refractivity contribution is 0.129. The molecule has 0 radical (unpaired) electrons. The van der Waals surface area contributed by atoms with Crippen LogP contribution in [-0.2, 0) is 6.42 Å². The maximum atomic E-state index is 6.09. The number of aromatic nitrogens is 2. The first-order valence-electron chi connectivity index (χ1n) is 9.93. The summed E-state index contributed by atoms with van der Waals surface area (Å²) in [6, 6.07) is 18.2. The summed E-state index contributed by atoms with van der Waals surface area (Å²) in [6.07, 6.45) is 3.10. The normalized spacial score (nSPS) is 15.2. The Morgan fingerprint density at radius 2 is 1.86 bits per heavy atom. The first kappa shape index (κ1) is 21.4. The van der Waals surface area contributed by atoms with Crippen LogP contribution < -0.4 is 10.1 Å². The van der Waals surface area contributed by atoms with Crippen LogP contribution in [0.1, 0.15) is 18.7 Å². The van der Waals surface area contributed by atoms with E-state index in [1.165, 1.54) is 0 Å². The number of imidazole rings is 1. The SMILES string of the molecule is CN=C(NCCc1nc2ccccc2[nH]1)N1CCC(Oc2ccccc2)CC1.I. The molecule has 4 rings (SSSR count). The largest absolute Gasteiger partial charge is 0.490 e. The molecule has 154 valence electrons. The van der Waals surface area contributed by atoms with Crippen molar-refractivity contribution in [2.75, 3.05) is 26.7 Å². The summed E-state index contributed by atoms with van der Waals surface area (Å²) in [5, 5.41) is 3.47. The molecule has 1 aliphatic heterocycles. The minimum Gasteiger partial charge on any atom is -0.490 e. The van der Waals surface area contributed by atoms with Crippen molar-refractivity contribution < 1.29 is 4.74 Å². The fraction of sp³-hybridized carbons (Fsp3) is 0.364. The quantitative estimate of drug-likeness (QED) is 0.314. The zero-order chi connectivity index (χ0) is 19.2. The Bertz CT molecular complexity index is 886. The second-order valence-corrected chi connectivity index (χ2v) is 7.04. The third-order valence-electron chi connectivity index (χ3n) is 5.08. The van der Waals surface area contributed by atoms with Gasteiger partial charge in [0.15, 0.2) is 5.96 Å². The van der Waals surface area contributed by atoms with Gasteiger partial charge in [-0.05, 0) is 24.3 Å². The number of fused-ring (bicyclic) bond motifs is 1. The van der Waals surface area contributed by atoms with Gasteiger partial charge in [-0.2, -0.15) is 0 Å². The maximum absolute atomic E-state index is 6.09. The molecule has 0 amide bonds. The number of nitrogens with zero attached hydrogens (tertiary/aromatic N) is 3. The maximum Gasteiger partial charge on any atom is 0.193 e. The lowest BCUT2D eigenvalue weighted by atomic mass is 10.1. The number of H-pyrrole nitrogens is 1. The molecule has 7 heteroatoms. The number of halogens is 1. The average molecular weight is 505 g/mol. The fourth-order valence-electron chi connectivity index (χ4n) is 3.63. The summed E-state index contributed by atoms with van der Waals surface area (Å²) in [4.78, 5) is 14.8. The van der Waals surface area contributed by atoms with E-state index in [0.29, 0.717) is 0 Å². The van der Waals surface area contributed by atoms with Crippen LogP contribution in [-0.4, -0.2) is 53.6 Å². The summed E-state index contributed by atoms with van der Waals surface area (Å²) >= 11 is 0. The van der Waals surface area contributed by atoms with Gasteiger partial charge in [0, 0.05) is 45.9 Å². The van der Waals surface area contributed by atoms with Gasteiger partial charge in [0.1, 0.15) is 17.7 Å². The highest BCUT2D eigenvalue weighted by Gasteiger charge is 2.22. The number of para-hydroxylation sites is 3. The molecule has 1 aliphatic rings. The molecule has 2 aromatic carbocycles. The van der Waals surface area contributed by atoms with Crippen LogP contribution in [0.25, 0.3) is 11.0 Å². The number of aliphatic imine (C=N–C) groups is 1. The standard InChI is InChI=1S/C22H27N5O.HI/c1-23-22(24-14-11-21-25-19-9-5-6-10-20(19)26-21)27-15-12-18(13-16-27)28-17-7-3-2-4-8-17;/h2-10,18H,11-16H2,1H3,(H,23,24)(H,25,26);1H. The van der Waals surface area contributed by atoms with Crippen LogP contribution in [0.2, 0.25) is 0 Å². The minimum atomic E-state index is 0. The molecule has 29 heavy (non-hydrogen) atoms. The topological polar surface area (TPSA) is 65.5 Å². The zero-order valence-corrected chi connectivity index (χ0v) is 19.0. The first-order valence-corrected chi connectivity index (χ1v) is 9.93. The predicted molar refractivity (Wildman–Crippen MR) is 128 cm³/mol. The van der Waals surface area contributed by atoms with Crippen molar-refractivity contribution in [3.8, 4) is 5.75 Å². The second kappa shape index (κ2) is 10.5. The van der Waals surface area contributed by atoms with E-state index in [-0.39, 0.29) is 30.1 Å². The van der Waals surface area contributed by atoms with Gasteiger partial charge < -0.3 is 19.9 Å². The van der Waals surface area contributed by atoms with Crippen LogP contribution in [0, 0.1) is 0 Å². The molecule has 1 saturated heterocycles. The van der Waals surface area contributed by atoms with Gasteiger partial charge in [-0.25, -0.2) is 4.98 Å². The van der Waals surface area contributed by atoms with Crippen molar-refractivity contribution in [1.82, 2.24) is 20.2 Å². The highest BCUT2D eigenvalue weighted by molar-refractivity contribution is 14.0. The molecular formula is C22H28IN5O. The van der Waals surface area contributed by atoms with E-state index in [9.17, 15) is 0 Å². The molecule has 0 aliphatic carbocycles. The van der Waals surface area contributed by atoms with E-state index in [4.69, 9.17) is 4.74 Å². The Hall–Kier alpha value is -2.29. The smallest absolute Gasteiger partial charge is 0.193 e. The molecule has 6 nitrogen and oxygen atoms in total. The number of benzene rings is 2. The van der Waals surface area contributed by atoms with Gasteiger partial charge in [0.2, 0.25) is 0 Å². The van der Waals surface area contributed by atoms with Crippen molar-refractivity contribution in [2.24, 2.45) is 4.99 Å². The van der Waals surface area contributed by atoms with Crippen LogP contribution in [0.4, 0.5) is 0 Å². The summed E-state index contributed by atoms with van der Waals surface area (Å²) in [5.41, 5.74) is 2.10. The number of piperidine rings is 1. The number of aromatic amines is 1. The third-order valence-corrected chi connectivity index (χ3v) is 5.08. The van der Waals surface area contributed by atoms with Crippen molar-refractivity contribution in [1.29, 1.82) is 0 Å². The molecule has 0 saturated carbocycles. The molecule has 3 aromatic rings. The van der Waals surface area contributed by atoms with Crippen LogP contribution >= 0.6 is 24.0 Å². The molecule has 1 aromatic heterocycles. The molecule has 2 heterocycles. The second-order valence-electron chi connectivity index (χ2n) is 7.04. The van der Waals surface area contributed by atoms with E-state index < -0.39 is 0 Å². The van der Waals surface area contributed by atoms with Crippen molar-refractivity contribution in [3.63, 3.8) is 0 Å². The van der Waals surface area contributed by atoms with Crippen LogP contribution in [0.5, 0.6) is 5.75 Å². The van der Waals surface area contributed by atoms with Crippen LogP contribution in [0.3, 0.4) is 0 Å². The van der Waals surface area contributed by atoms with Gasteiger partial charge >= 0.3 is 0 Å². The highest BCUT2D eigenvalue weighted by atomic mass is 127. The first-order chi connectivity index (χ1) is 13.8. The van der Waals surface area contributed by atoms with Crippen molar-refractivity contribution >= 4 is 41.0 Å². The molecule has 0 spiro atoms. The predicted octanol–water partition coefficient (Wildman–Crippen LogP) is 3.84. The summed E-state index contributed by atoms with van der Waals surface area (Å²) < 4.78 is 6.09. The number of hydrogen-bond donors (Lipinski definition) is 2. The van der Waals surface area contributed by atoms with E-state index in [2.05, 4.69) is 31.2 Å². The number of rotatable bonds is 5. The van der Waals surface area contributed by atoms with Crippen molar-refractivity contribution in [3.05, 3.63) is 60.4 Å². The molecule has 2 N–H and O–H groups in total. The Morgan fingerprint density at radius 1 is 1.14 bits per heavy atom. The highest BCUT2D eigenvalue weighted by Crippen LogP contribution is 2.18. The zero-order valence-electron chi connectivity index (χ0n) is 16.7. The number of ether oxygens (including phenoxy) is 1. The van der Waals surface area contributed by atoms with Crippen molar-refractivity contribution in [2.45, 2.75) is 25.4 Å². The molecule has 0 atom stereocenters. The van der Waals surface area contributed by atoms with Gasteiger partial charge in [-0.15, -0.1) is 24.0 Å². The number of guanidine groups is 1. The van der Waals surface area contributed by atoms with E-state index in [0.717, 1.165) is 67.5 Å². The fourth-order valence-corrected chi connectivity index (χ4v) is 3.63. The molecule has 1 fully saturated rings. The van der Waals surface area contributed by atoms with Gasteiger partial charge in [0.05, 0.1) is 11.0 Å². The summed E-state index contributed by atoms with van der Waals surface area (Å²) in [5.74, 6) is 2.91. The average Bonchev–Trinajstić information content (AvgIpc) is 3.16. The number of hydrogen-bond acceptors (Lipinski definition) is 3. The third kappa shape index (κ3) is 5.62. The van der Waals surface area contributed by atoms with Crippen LogP contribution in [0.15, 0.2) is 59.6 Å².